The highest BCUT2D eigenvalue weighted by Crippen LogP contribution is 2.26. The quantitative estimate of drug-likeness (QED) is 0.870. The molecule has 1 saturated heterocycles. The first-order chi connectivity index (χ1) is 8.45. The summed E-state index contributed by atoms with van der Waals surface area (Å²) in [5.41, 5.74) is 0.179. The largest absolute Gasteiger partial charge is 0.392 e. The lowest BCUT2D eigenvalue weighted by molar-refractivity contribution is 0.0538. The van der Waals surface area contributed by atoms with Gasteiger partial charge in [-0.2, -0.15) is 0 Å². The molecule has 0 spiro atoms. The Bertz CT molecular complexity index is 503. The molecule has 0 amide bonds. The number of hydrogen-bond acceptors (Lipinski definition) is 5. The molecule has 1 fully saturated rings. The molecule has 7 heteroatoms. The average molecular weight is 291 g/mol. The maximum absolute atomic E-state index is 12.2. The fourth-order valence-electron chi connectivity index (χ4n) is 1.88. The highest BCUT2D eigenvalue weighted by molar-refractivity contribution is 7.91. The maximum atomic E-state index is 12.2. The third-order valence-corrected chi connectivity index (χ3v) is 6.18. The first-order valence-corrected chi connectivity index (χ1v) is 8.11. The van der Waals surface area contributed by atoms with E-state index in [2.05, 4.69) is 4.72 Å². The van der Waals surface area contributed by atoms with E-state index in [1.807, 2.05) is 6.92 Å². The van der Waals surface area contributed by atoms with Crippen LogP contribution < -0.4 is 4.72 Å². The SMILES string of the molecule is CC1(NS(=O)(=O)c2cc(CO)cs2)CCOCC1. The smallest absolute Gasteiger partial charge is 0.250 e. The van der Waals surface area contributed by atoms with Gasteiger partial charge in [0.25, 0.3) is 10.0 Å². The van der Waals surface area contributed by atoms with E-state index >= 15 is 0 Å². The molecule has 102 valence electrons. The average Bonchev–Trinajstić information content (AvgIpc) is 2.77. The normalized spacial score (nSPS) is 19.9. The Labute approximate surface area is 111 Å². The summed E-state index contributed by atoms with van der Waals surface area (Å²) >= 11 is 1.13. The van der Waals surface area contributed by atoms with Gasteiger partial charge in [0.15, 0.2) is 0 Å². The summed E-state index contributed by atoms with van der Waals surface area (Å²) in [4.78, 5) is 0. The molecule has 18 heavy (non-hydrogen) atoms. The molecule has 1 aromatic heterocycles. The molecule has 1 aliphatic heterocycles. The van der Waals surface area contributed by atoms with Crippen LogP contribution in [0.25, 0.3) is 0 Å². The molecule has 0 atom stereocenters. The Balaban J connectivity index is 2.16. The standard InChI is InChI=1S/C11H17NO4S2/c1-11(2-4-16-5-3-11)12-18(14,15)10-6-9(7-13)8-17-10/h6,8,12-13H,2-5,7H2,1H3. The van der Waals surface area contributed by atoms with Gasteiger partial charge in [-0.05, 0) is 36.8 Å². The lowest BCUT2D eigenvalue weighted by atomic mass is 9.94. The molecule has 0 radical (unpaired) electrons. The van der Waals surface area contributed by atoms with Crippen molar-refractivity contribution in [3.8, 4) is 0 Å². The Morgan fingerprint density at radius 3 is 2.72 bits per heavy atom. The third-order valence-electron chi connectivity index (χ3n) is 3.05. The van der Waals surface area contributed by atoms with Gasteiger partial charge >= 0.3 is 0 Å². The van der Waals surface area contributed by atoms with E-state index in [4.69, 9.17) is 9.84 Å². The number of rotatable bonds is 4. The minimum atomic E-state index is -3.51. The molecular weight excluding hydrogens is 274 g/mol. The van der Waals surface area contributed by atoms with Gasteiger partial charge in [0, 0.05) is 18.8 Å². The minimum Gasteiger partial charge on any atom is -0.392 e. The van der Waals surface area contributed by atoms with Crippen molar-refractivity contribution in [2.75, 3.05) is 13.2 Å². The summed E-state index contributed by atoms with van der Waals surface area (Å²) in [6.45, 7) is 2.90. The van der Waals surface area contributed by atoms with Crippen LogP contribution in [-0.2, 0) is 21.4 Å². The van der Waals surface area contributed by atoms with Crippen LogP contribution in [0, 0.1) is 0 Å². The Morgan fingerprint density at radius 2 is 2.17 bits per heavy atom. The Kier molecular flexibility index (Phi) is 4.08. The fourth-order valence-corrected chi connectivity index (χ4v) is 4.54. The Morgan fingerprint density at radius 1 is 1.50 bits per heavy atom. The molecule has 0 aromatic carbocycles. The van der Waals surface area contributed by atoms with Gasteiger partial charge in [-0.15, -0.1) is 11.3 Å². The summed E-state index contributed by atoms with van der Waals surface area (Å²) in [7, 11) is -3.51. The van der Waals surface area contributed by atoms with Crippen molar-refractivity contribution in [2.45, 2.75) is 36.1 Å². The molecule has 1 aliphatic rings. The molecule has 2 N–H and O–H groups in total. The zero-order valence-corrected chi connectivity index (χ0v) is 11.8. The molecule has 0 bridgehead atoms. The van der Waals surface area contributed by atoms with Crippen molar-refractivity contribution in [1.29, 1.82) is 0 Å². The first-order valence-electron chi connectivity index (χ1n) is 5.75. The summed E-state index contributed by atoms with van der Waals surface area (Å²) < 4.78 is 32.7. The number of hydrogen-bond donors (Lipinski definition) is 2. The van der Waals surface area contributed by atoms with Gasteiger partial charge in [-0.1, -0.05) is 0 Å². The topological polar surface area (TPSA) is 75.6 Å². The van der Waals surface area contributed by atoms with E-state index in [0.717, 1.165) is 11.3 Å². The highest BCUT2D eigenvalue weighted by atomic mass is 32.2. The Hall–Kier alpha value is -0.470. The lowest BCUT2D eigenvalue weighted by Crippen LogP contribution is -2.49. The number of aliphatic hydroxyl groups excluding tert-OH is 1. The van der Waals surface area contributed by atoms with Crippen molar-refractivity contribution in [3.05, 3.63) is 17.0 Å². The summed E-state index contributed by atoms with van der Waals surface area (Å²) in [6.07, 6.45) is 1.34. The van der Waals surface area contributed by atoms with E-state index in [1.54, 1.807) is 5.38 Å². The van der Waals surface area contributed by atoms with E-state index in [9.17, 15) is 8.42 Å². The molecule has 5 nitrogen and oxygen atoms in total. The summed E-state index contributed by atoms with van der Waals surface area (Å²) in [5.74, 6) is 0. The summed E-state index contributed by atoms with van der Waals surface area (Å²) in [5, 5.41) is 10.6. The van der Waals surface area contributed by atoms with Crippen LogP contribution in [-0.4, -0.2) is 32.3 Å². The monoisotopic (exact) mass is 291 g/mol. The van der Waals surface area contributed by atoms with Crippen LogP contribution in [0.5, 0.6) is 0 Å². The molecule has 0 saturated carbocycles. The van der Waals surface area contributed by atoms with Crippen molar-refractivity contribution in [3.63, 3.8) is 0 Å². The zero-order chi connectivity index (χ0) is 13.2. The maximum Gasteiger partial charge on any atom is 0.250 e. The van der Waals surface area contributed by atoms with Crippen LogP contribution in [0.2, 0.25) is 0 Å². The molecule has 2 rings (SSSR count). The van der Waals surface area contributed by atoms with Crippen molar-refractivity contribution in [2.24, 2.45) is 0 Å². The van der Waals surface area contributed by atoms with E-state index in [-0.39, 0.29) is 10.8 Å². The van der Waals surface area contributed by atoms with Crippen LogP contribution in [0.4, 0.5) is 0 Å². The number of thiophene rings is 1. The molecule has 0 unspecified atom stereocenters. The fraction of sp³-hybridized carbons (Fsp3) is 0.636. The first kappa shape index (κ1) is 14.0. The van der Waals surface area contributed by atoms with Crippen LogP contribution in [0.15, 0.2) is 15.7 Å². The molecular formula is C11H17NO4S2. The van der Waals surface area contributed by atoms with Gasteiger partial charge in [0.1, 0.15) is 4.21 Å². The van der Waals surface area contributed by atoms with Gasteiger partial charge in [-0.25, -0.2) is 13.1 Å². The summed E-state index contributed by atoms with van der Waals surface area (Å²) in [6, 6.07) is 1.51. The van der Waals surface area contributed by atoms with E-state index in [0.29, 0.717) is 31.6 Å². The second kappa shape index (κ2) is 5.26. The minimum absolute atomic E-state index is 0.142. The third kappa shape index (κ3) is 3.10. The number of aliphatic hydroxyl groups is 1. The number of ether oxygens (including phenoxy) is 1. The zero-order valence-electron chi connectivity index (χ0n) is 10.2. The van der Waals surface area contributed by atoms with Crippen LogP contribution in [0.1, 0.15) is 25.3 Å². The van der Waals surface area contributed by atoms with Crippen molar-refractivity contribution < 1.29 is 18.3 Å². The predicted molar refractivity (Wildman–Crippen MR) is 69.0 cm³/mol. The van der Waals surface area contributed by atoms with E-state index < -0.39 is 15.6 Å². The van der Waals surface area contributed by atoms with Crippen molar-refractivity contribution in [1.82, 2.24) is 4.72 Å². The van der Waals surface area contributed by atoms with Gasteiger partial charge in [-0.3, -0.25) is 0 Å². The van der Waals surface area contributed by atoms with Crippen LogP contribution >= 0.6 is 11.3 Å². The number of nitrogens with one attached hydrogen (secondary N) is 1. The van der Waals surface area contributed by atoms with Gasteiger partial charge < -0.3 is 9.84 Å². The van der Waals surface area contributed by atoms with Crippen molar-refractivity contribution >= 4 is 21.4 Å². The van der Waals surface area contributed by atoms with Gasteiger partial charge in [0.05, 0.1) is 6.61 Å². The number of sulfonamides is 1. The van der Waals surface area contributed by atoms with Crippen LogP contribution in [0.3, 0.4) is 0 Å². The highest BCUT2D eigenvalue weighted by Gasteiger charge is 2.33. The van der Waals surface area contributed by atoms with E-state index in [1.165, 1.54) is 6.07 Å². The predicted octanol–water partition coefficient (Wildman–Crippen LogP) is 1.09. The second-order valence-corrected chi connectivity index (χ2v) is 7.53. The van der Waals surface area contributed by atoms with Gasteiger partial charge in [0.2, 0.25) is 0 Å². The molecule has 1 aromatic rings. The molecule has 2 heterocycles. The lowest BCUT2D eigenvalue weighted by Gasteiger charge is -2.33. The molecule has 0 aliphatic carbocycles. The second-order valence-electron chi connectivity index (χ2n) is 4.71.